The SMILES string of the molecule is CC(=O)N[C@H]1C(O)[C@H](O)C(CO)O[C@H]1n1cc(CN2C[C@@H](C)C[C@H]3O[C@]4(CC[C@@H]5C(=C4C)C[C@H]4[C@H]5CC=C5C[C@@H](O)CC[C@@]54C)[C@H](C)[C@@H]32)nn1. The van der Waals surface area contributed by atoms with E-state index in [1.54, 1.807) is 11.8 Å². The molecular weight excluding hydrogens is 638 g/mol. The number of rotatable bonds is 5. The molecule has 1 spiro atoms. The van der Waals surface area contributed by atoms with E-state index in [2.05, 4.69) is 54.3 Å². The van der Waals surface area contributed by atoms with Crippen LogP contribution in [0.1, 0.15) is 97.9 Å². The lowest BCUT2D eigenvalue weighted by molar-refractivity contribution is -0.219. The van der Waals surface area contributed by atoms with Crippen molar-refractivity contribution < 1.29 is 34.7 Å². The first kappa shape index (κ1) is 34.9. The van der Waals surface area contributed by atoms with Gasteiger partial charge in [-0.25, -0.2) is 4.68 Å². The molecule has 15 atom stereocenters. The van der Waals surface area contributed by atoms with E-state index in [9.17, 15) is 25.2 Å². The van der Waals surface area contributed by atoms with Gasteiger partial charge in [0, 0.05) is 32.0 Å². The molecule has 12 heteroatoms. The summed E-state index contributed by atoms with van der Waals surface area (Å²) in [5, 5.41) is 53.1. The molecular formula is C38H57N5O7. The number of hydrogen-bond acceptors (Lipinski definition) is 10. The Balaban J connectivity index is 1.03. The van der Waals surface area contributed by atoms with Crippen LogP contribution >= 0.6 is 0 Å². The lowest BCUT2D eigenvalue weighted by Crippen LogP contribution is -2.62. The topological polar surface area (TPSA) is 162 Å². The van der Waals surface area contributed by atoms with Gasteiger partial charge in [-0.2, -0.15) is 0 Å². The van der Waals surface area contributed by atoms with E-state index in [1.165, 1.54) is 29.2 Å². The molecule has 4 aliphatic carbocycles. The third kappa shape index (κ3) is 5.38. The summed E-state index contributed by atoms with van der Waals surface area (Å²) in [6.07, 6.45) is 7.93. The highest BCUT2D eigenvalue weighted by atomic mass is 16.5. The Morgan fingerprint density at radius 1 is 1.14 bits per heavy atom. The van der Waals surface area contributed by atoms with Crippen LogP contribution < -0.4 is 5.32 Å². The molecule has 1 aromatic rings. The molecule has 0 bridgehead atoms. The zero-order chi connectivity index (χ0) is 35.3. The number of fused-ring (bicyclic) bond motifs is 6. The number of allylic oxidation sites excluding steroid dienone is 2. The van der Waals surface area contributed by atoms with Crippen molar-refractivity contribution in [3.63, 3.8) is 0 Å². The largest absolute Gasteiger partial charge is 0.394 e. The summed E-state index contributed by atoms with van der Waals surface area (Å²) in [4.78, 5) is 14.5. The second-order valence-electron chi connectivity index (χ2n) is 17.3. The number of nitrogens with one attached hydrogen (secondary N) is 1. The molecule has 1 amide bonds. The number of aromatic nitrogens is 3. The number of aliphatic hydroxyl groups excluding tert-OH is 4. The molecule has 50 heavy (non-hydrogen) atoms. The number of piperidine rings is 1. The maximum atomic E-state index is 12.0. The summed E-state index contributed by atoms with van der Waals surface area (Å²) in [6.45, 7) is 11.9. The van der Waals surface area contributed by atoms with Gasteiger partial charge in [0.05, 0.1) is 36.3 Å². The summed E-state index contributed by atoms with van der Waals surface area (Å²) in [5.41, 5.74) is 5.32. The van der Waals surface area contributed by atoms with Crippen LogP contribution in [0.15, 0.2) is 29.0 Å². The van der Waals surface area contributed by atoms with Gasteiger partial charge in [0.1, 0.15) is 24.4 Å². The smallest absolute Gasteiger partial charge is 0.217 e. The van der Waals surface area contributed by atoms with Crippen molar-refractivity contribution in [3.8, 4) is 0 Å². The first-order chi connectivity index (χ1) is 23.8. The Hall–Kier alpha value is -2.19. The van der Waals surface area contributed by atoms with Gasteiger partial charge >= 0.3 is 0 Å². The van der Waals surface area contributed by atoms with Crippen LogP contribution in [0.4, 0.5) is 0 Å². The first-order valence-electron chi connectivity index (χ1n) is 19.1. The number of hydrogen-bond donors (Lipinski definition) is 5. The number of likely N-dealkylation sites (tertiary alicyclic amines) is 1. The minimum atomic E-state index is -1.36. The molecule has 8 rings (SSSR count). The molecule has 5 N–H and O–H groups in total. The molecule has 2 saturated carbocycles. The highest BCUT2D eigenvalue weighted by Crippen LogP contribution is 2.65. The fraction of sp³-hybridized carbons (Fsp3) is 0.816. The zero-order valence-electron chi connectivity index (χ0n) is 30.2. The molecule has 3 saturated heterocycles. The van der Waals surface area contributed by atoms with Gasteiger partial charge in [0.2, 0.25) is 5.91 Å². The second kappa shape index (κ2) is 12.7. The zero-order valence-corrected chi connectivity index (χ0v) is 30.2. The minimum absolute atomic E-state index is 0.123. The number of nitrogens with zero attached hydrogens (tertiary/aromatic N) is 4. The van der Waals surface area contributed by atoms with Crippen LogP contribution in [0.2, 0.25) is 0 Å². The summed E-state index contributed by atoms with van der Waals surface area (Å²) >= 11 is 0. The average Bonchev–Trinajstić information content (AvgIpc) is 3.77. The lowest BCUT2D eigenvalue weighted by atomic mass is 9.56. The summed E-state index contributed by atoms with van der Waals surface area (Å²) < 4.78 is 14.8. The Morgan fingerprint density at radius 3 is 2.70 bits per heavy atom. The van der Waals surface area contributed by atoms with Crippen molar-refractivity contribution in [2.45, 2.75) is 147 Å². The van der Waals surface area contributed by atoms with Crippen LogP contribution in [-0.2, 0) is 20.8 Å². The predicted octanol–water partition coefficient (Wildman–Crippen LogP) is 2.62. The van der Waals surface area contributed by atoms with Crippen LogP contribution in [0.3, 0.4) is 0 Å². The molecule has 5 fully saturated rings. The van der Waals surface area contributed by atoms with E-state index < -0.39 is 37.2 Å². The van der Waals surface area contributed by atoms with E-state index in [0.717, 1.165) is 57.2 Å². The monoisotopic (exact) mass is 695 g/mol. The molecule has 7 aliphatic rings. The summed E-state index contributed by atoms with van der Waals surface area (Å²) in [6, 6.07) is -0.742. The molecule has 12 nitrogen and oxygen atoms in total. The van der Waals surface area contributed by atoms with Crippen LogP contribution in [0, 0.1) is 35.0 Å². The normalized spacial score (nSPS) is 47.4. The van der Waals surface area contributed by atoms with E-state index in [4.69, 9.17) is 9.47 Å². The third-order valence-electron chi connectivity index (χ3n) is 14.6. The van der Waals surface area contributed by atoms with Gasteiger partial charge in [-0.15, -0.1) is 5.10 Å². The van der Waals surface area contributed by atoms with Gasteiger partial charge in [0.15, 0.2) is 6.23 Å². The Labute approximate surface area is 295 Å². The van der Waals surface area contributed by atoms with Crippen LogP contribution in [-0.4, -0.2) is 108 Å². The quantitative estimate of drug-likeness (QED) is 0.290. The highest BCUT2D eigenvalue weighted by Gasteiger charge is 2.61. The Kier molecular flexibility index (Phi) is 8.89. The fourth-order valence-electron chi connectivity index (χ4n) is 12.1. The standard InChI is InChI=1S/C38H57N5O7/c1-19-12-30-33(42(15-19)16-24-17-43(41-40-24)36-32(39-22(4)45)35(48)34(47)31(18-44)49-36)21(3)38(50-30)11-9-26-27-7-6-23-13-25(46)8-10-37(23,5)29(27)14-28(26)20(38)2/h6,17,19,21,25-27,29-36,44,46-48H,7-16,18H2,1-5H3,(H,39,45)/t19-,21+,25-,26-,27-,29-,30+,31?,32-,33-,34+,35?,36+,37-,38-/m0/s1. The van der Waals surface area contributed by atoms with Crippen LogP contribution in [0.5, 0.6) is 0 Å². The first-order valence-corrected chi connectivity index (χ1v) is 19.1. The molecule has 0 radical (unpaired) electrons. The maximum absolute atomic E-state index is 12.0. The number of ether oxygens (including phenoxy) is 2. The van der Waals surface area contributed by atoms with Crippen molar-refractivity contribution in [2.75, 3.05) is 13.2 Å². The second-order valence-corrected chi connectivity index (χ2v) is 17.3. The predicted molar refractivity (Wildman–Crippen MR) is 183 cm³/mol. The number of aliphatic hydroxyl groups is 4. The van der Waals surface area contributed by atoms with Crippen molar-refractivity contribution >= 4 is 5.91 Å². The Morgan fingerprint density at radius 2 is 1.94 bits per heavy atom. The molecule has 4 heterocycles. The third-order valence-corrected chi connectivity index (χ3v) is 14.6. The lowest BCUT2D eigenvalue weighted by Gasteiger charge is -2.49. The average molecular weight is 696 g/mol. The highest BCUT2D eigenvalue weighted by molar-refractivity contribution is 5.73. The van der Waals surface area contributed by atoms with Gasteiger partial charge in [-0.3, -0.25) is 9.69 Å². The number of carbonyl (C=O) groups is 1. The van der Waals surface area contributed by atoms with Crippen molar-refractivity contribution in [1.82, 2.24) is 25.2 Å². The van der Waals surface area contributed by atoms with Gasteiger partial charge in [0.25, 0.3) is 0 Å². The Bertz CT molecular complexity index is 1550. The summed E-state index contributed by atoms with van der Waals surface area (Å²) in [7, 11) is 0. The number of carbonyl (C=O) groups excluding carboxylic acids is 1. The van der Waals surface area contributed by atoms with E-state index in [1.807, 2.05) is 0 Å². The molecule has 276 valence electrons. The summed E-state index contributed by atoms with van der Waals surface area (Å²) in [5.74, 6) is 2.34. The van der Waals surface area contributed by atoms with Crippen molar-refractivity contribution in [3.05, 3.63) is 34.7 Å². The number of amides is 1. The van der Waals surface area contributed by atoms with Gasteiger partial charge in [-0.05, 0) is 93.0 Å². The molecule has 2 unspecified atom stereocenters. The molecule has 3 aliphatic heterocycles. The van der Waals surface area contributed by atoms with Gasteiger partial charge < -0.3 is 35.2 Å². The van der Waals surface area contributed by atoms with E-state index in [0.29, 0.717) is 36.1 Å². The molecule has 0 aromatic carbocycles. The van der Waals surface area contributed by atoms with Crippen molar-refractivity contribution in [2.24, 2.45) is 35.0 Å². The fourth-order valence-corrected chi connectivity index (χ4v) is 12.1. The molecule has 1 aromatic heterocycles. The maximum Gasteiger partial charge on any atom is 0.217 e. The van der Waals surface area contributed by atoms with Crippen molar-refractivity contribution in [1.29, 1.82) is 0 Å². The van der Waals surface area contributed by atoms with Gasteiger partial charge in [-0.1, -0.05) is 43.2 Å². The van der Waals surface area contributed by atoms with E-state index in [-0.39, 0.29) is 35.2 Å². The minimum Gasteiger partial charge on any atom is -0.394 e. The van der Waals surface area contributed by atoms with Crippen LogP contribution in [0.25, 0.3) is 0 Å². The van der Waals surface area contributed by atoms with E-state index >= 15 is 0 Å².